The van der Waals surface area contributed by atoms with Crippen molar-refractivity contribution < 1.29 is 13.9 Å². The number of hydrogen-bond donors (Lipinski definition) is 3. The predicted octanol–water partition coefficient (Wildman–Crippen LogP) is 2.15. The molecule has 1 aromatic carbocycles. The third-order valence-electron chi connectivity index (χ3n) is 2.06. The van der Waals surface area contributed by atoms with Gasteiger partial charge in [-0.2, -0.15) is 0 Å². The summed E-state index contributed by atoms with van der Waals surface area (Å²) in [5, 5.41) is 3.35. The van der Waals surface area contributed by atoms with Crippen LogP contribution in [-0.4, -0.2) is 23.2 Å². The summed E-state index contributed by atoms with van der Waals surface area (Å²) in [5.41, 5.74) is 4.70. The van der Waals surface area contributed by atoms with Gasteiger partial charge in [0, 0.05) is 5.54 Å². The number of hydrogen-bond acceptors (Lipinski definition) is 3. The SMILES string of the molecule is CC(C)(C)NC(=S)NNC(=O)COc1ccc(F)cc1Cl. The summed E-state index contributed by atoms with van der Waals surface area (Å²) < 4.78 is 18.0. The molecular weight excluding hydrogens is 317 g/mol. The number of benzene rings is 1. The van der Waals surface area contributed by atoms with Crippen LogP contribution in [-0.2, 0) is 4.79 Å². The van der Waals surface area contributed by atoms with Gasteiger partial charge in [0.2, 0.25) is 0 Å². The zero-order valence-electron chi connectivity index (χ0n) is 11.9. The molecule has 0 heterocycles. The maximum atomic E-state index is 12.8. The smallest absolute Gasteiger partial charge is 0.276 e. The summed E-state index contributed by atoms with van der Waals surface area (Å²) in [4.78, 5) is 11.6. The molecule has 0 spiro atoms. The van der Waals surface area contributed by atoms with Crippen molar-refractivity contribution in [2.45, 2.75) is 26.3 Å². The van der Waals surface area contributed by atoms with Crippen LogP contribution in [0.25, 0.3) is 0 Å². The van der Waals surface area contributed by atoms with E-state index in [2.05, 4.69) is 16.2 Å². The largest absolute Gasteiger partial charge is 0.482 e. The number of ether oxygens (including phenoxy) is 1. The molecule has 0 fully saturated rings. The van der Waals surface area contributed by atoms with E-state index in [0.717, 1.165) is 6.07 Å². The molecule has 0 aliphatic rings. The Morgan fingerprint density at radius 3 is 2.62 bits per heavy atom. The highest BCUT2D eigenvalue weighted by atomic mass is 35.5. The Bertz CT molecular complexity index is 535. The zero-order valence-corrected chi connectivity index (χ0v) is 13.5. The summed E-state index contributed by atoms with van der Waals surface area (Å²) in [5.74, 6) is -0.700. The fourth-order valence-corrected chi connectivity index (χ4v) is 1.85. The van der Waals surface area contributed by atoms with E-state index >= 15 is 0 Å². The van der Waals surface area contributed by atoms with Gasteiger partial charge in [0.1, 0.15) is 11.6 Å². The molecule has 0 aliphatic carbocycles. The van der Waals surface area contributed by atoms with Crippen molar-refractivity contribution in [2.75, 3.05) is 6.61 Å². The van der Waals surface area contributed by atoms with E-state index in [0.29, 0.717) is 0 Å². The lowest BCUT2D eigenvalue weighted by molar-refractivity contribution is -0.123. The van der Waals surface area contributed by atoms with Crippen LogP contribution < -0.4 is 20.9 Å². The van der Waals surface area contributed by atoms with E-state index in [9.17, 15) is 9.18 Å². The van der Waals surface area contributed by atoms with Crippen molar-refractivity contribution in [3.05, 3.63) is 29.0 Å². The molecule has 5 nitrogen and oxygen atoms in total. The van der Waals surface area contributed by atoms with Crippen molar-refractivity contribution in [2.24, 2.45) is 0 Å². The lowest BCUT2D eigenvalue weighted by Gasteiger charge is -2.23. The molecule has 3 N–H and O–H groups in total. The van der Waals surface area contributed by atoms with Crippen molar-refractivity contribution in [3.63, 3.8) is 0 Å². The first-order chi connectivity index (χ1) is 9.67. The molecule has 1 amide bonds. The van der Waals surface area contributed by atoms with E-state index < -0.39 is 11.7 Å². The number of carbonyl (C=O) groups is 1. The molecule has 8 heteroatoms. The third kappa shape index (κ3) is 7.10. The molecule has 0 saturated carbocycles. The molecule has 0 bridgehead atoms. The first-order valence-electron chi connectivity index (χ1n) is 6.12. The van der Waals surface area contributed by atoms with Crippen LogP contribution in [0.2, 0.25) is 5.02 Å². The number of amides is 1. The lowest BCUT2D eigenvalue weighted by Crippen LogP contribution is -2.52. The quantitative estimate of drug-likeness (QED) is 0.584. The molecule has 116 valence electrons. The van der Waals surface area contributed by atoms with Crippen LogP contribution in [0.3, 0.4) is 0 Å². The second-order valence-electron chi connectivity index (χ2n) is 5.24. The van der Waals surface area contributed by atoms with Crippen molar-refractivity contribution in [1.82, 2.24) is 16.2 Å². The van der Waals surface area contributed by atoms with Crippen LogP contribution in [0.4, 0.5) is 4.39 Å². The Labute approximate surface area is 133 Å². The van der Waals surface area contributed by atoms with E-state index in [1.54, 1.807) is 0 Å². The number of carbonyl (C=O) groups excluding carboxylic acids is 1. The minimum Gasteiger partial charge on any atom is -0.482 e. The van der Waals surface area contributed by atoms with Gasteiger partial charge in [0.25, 0.3) is 5.91 Å². The average molecular weight is 334 g/mol. The van der Waals surface area contributed by atoms with E-state index in [1.807, 2.05) is 20.8 Å². The highest BCUT2D eigenvalue weighted by Crippen LogP contribution is 2.24. The summed E-state index contributed by atoms with van der Waals surface area (Å²) >= 11 is 10.8. The Morgan fingerprint density at radius 2 is 2.05 bits per heavy atom. The fourth-order valence-electron chi connectivity index (χ4n) is 1.27. The molecule has 0 radical (unpaired) electrons. The van der Waals surface area contributed by atoms with Gasteiger partial charge in [-0.05, 0) is 51.2 Å². The molecule has 0 unspecified atom stereocenters. The van der Waals surface area contributed by atoms with Gasteiger partial charge in [0.15, 0.2) is 11.7 Å². The second kappa shape index (κ2) is 7.42. The van der Waals surface area contributed by atoms with Crippen molar-refractivity contribution >= 4 is 34.8 Å². The number of nitrogens with one attached hydrogen (secondary N) is 3. The van der Waals surface area contributed by atoms with Crippen molar-refractivity contribution in [1.29, 1.82) is 0 Å². The highest BCUT2D eigenvalue weighted by Gasteiger charge is 2.12. The minimum atomic E-state index is -0.475. The van der Waals surface area contributed by atoms with Gasteiger partial charge in [-0.3, -0.25) is 15.6 Å². The van der Waals surface area contributed by atoms with Crippen LogP contribution in [0.15, 0.2) is 18.2 Å². The maximum Gasteiger partial charge on any atom is 0.276 e. The lowest BCUT2D eigenvalue weighted by atomic mass is 10.1. The van der Waals surface area contributed by atoms with Gasteiger partial charge in [-0.25, -0.2) is 4.39 Å². The molecule has 0 atom stereocenters. The normalized spacial score (nSPS) is 10.7. The highest BCUT2D eigenvalue weighted by molar-refractivity contribution is 7.80. The molecule has 1 aromatic rings. The van der Waals surface area contributed by atoms with Crippen LogP contribution >= 0.6 is 23.8 Å². The van der Waals surface area contributed by atoms with Crippen LogP contribution in [0.5, 0.6) is 5.75 Å². The first-order valence-corrected chi connectivity index (χ1v) is 6.91. The summed E-state index contributed by atoms with van der Waals surface area (Å²) in [6.07, 6.45) is 0. The molecule has 0 saturated heterocycles. The monoisotopic (exact) mass is 333 g/mol. The Kier molecular flexibility index (Phi) is 6.17. The van der Waals surface area contributed by atoms with Gasteiger partial charge in [0.05, 0.1) is 5.02 Å². The van der Waals surface area contributed by atoms with Gasteiger partial charge in [-0.1, -0.05) is 11.6 Å². The molecular formula is C13H17ClFN3O2S. The Balaban J connectivity index is 2.36. The number of rotatable bonds is 3. The fraction of sp³-hybridized carbons (Fsp3) is 0.385. The van der Waals surface area contributed by atoms with Crippen LogP contribution in [0.1, 0.15) is 20.8 Å². The topological polar surface area (TPSA) is 62.4 Å². The van der Waals surface area contributed by atoms with E-state index in [-0.39, 0.29) is 28.0 Å². The summed E-state index contributed by atoms with van der Waals surface area (Å²) in [6, 6.07) is 3.65. The molecule has 21 heavy (non-hydrogen) atoms. The predicted molar refractivity (Wildman–Crippen MR) is 83.7 cm³/mol. The average Bonchev–Trinajstić information content (AvgIpc) is 2.33. The number of halogens is 2. The van der Waals surface area contributed by atoms with Crippen molar-refractivity contribution in [3.8, 4) is 5.75 Å². The minimum absolute atomic E-state index is 0.0979. The van der Waals surface area contributed by atoms with Gasteiger partial charge < -0.3 is 10.1 Å². The maximum absolute atomic E-state index is 12.8. The zero-order chi connectivity index (χ0) is 16.0. The summed E-state index contributed by atoms with van der Waals surface area (Å²) in [7, 11) is 0. The van der Waals surface area contributed by atoms with Crippen LogP contribution in [0, 0.1) is 5.82 Å². The number of hydrazine groups is 1. The number of thiocarbonyl (C=S) groups is 1. The molecule has 0 aromatic heterocycles. The molecule has 1 rings (SSSR count). The Morgan fingerprint density at radius 1 is 1.38 bits per heavy atom. The van der Waals surface area contributed by atoms with E-state index in [1.165, 1.54) is 12.1 Å². The van der Waals surface area contributed by atoms with Gasteiger partial charge >= 0.3 is 0 Å². The summed E-state index contributed by atoms with van der Waals surface area (Å²) in [6.45, 7) is 5.52. The van der Waals surface area contributed by atoms with Gasteiger partial charge in [-0.15, -0.1) is 0 Å². The first kappa shape index (κ1) is 17.5. The van der Waals surface area contributed by atoms with E-state index in [4.69, 9.17) is 28.6 Å². The Hall–Kier alpha value is -1.60. The third-order valence-corrected chi connectivity index (χ3v) is 2.56. The molecule has 0 aliphatic heterocycles. The second-order valence-corrected chi connectivity index (χ2v) is 6.06. The standard InChI is InChI=1S/C13H17ClFN3O2S/c1-13(2,3)16-12(21)18-17-11(19)7-20-10-5-4-8(15)6-9(10)14/h4-6H,7H2,1-3H3,(H,17,19)(H2,16,18,21).